The molecule has 1 aromatic carbocycles. The SMILES string of the molecule is CC(C)c1ccc2cc(C3CCCCC3)[s+](C(F)(F)F)c2c1.[Cl-]. The molecule has 1 heterocycles. The van der Waals surface area contributed by atoms with Crippen LogP contribution < -0.4 is 12.4 Å². The molecular formula is C18H22ClF3S. The summed E-state index contributed by atoms with van der Waals surface area (Å²) in [5.41, 5.74) is -3.16. The molecule has 0 aliphatic heterocycles. The maximum atomic E-state index is 13.7. The Hall–Kier alpha value is -0.740. The second-order valence-corrected chi connectivity index (χ2v) is 8.57. The smallest absolute Gasteiger partial charge is 0.600 e. The van der Waals surface area contributed by atoms with Gasteiger partial charge in [-0.1, -0.05) is 39.2 Å². The van der Waals surface area contributed by atoms with Gasteiger partial charge in [-0.15, -0.1) is 13.2 Å². The molecule has 1 atom stereocenters. The lowest BCUT2D eigenvalue weighted by Crippen LogP contribution is -3.00. The molecule has 1 unspecified atom stereocenters. The minimum atomic E-state index is -4.16. The van der Waals surface area contributed by atoms with Crippen LogP contribution in [0.3, 0.4) is 0 Å². The van der Waals surface area contributed by atoms with E-state index in [4.69, 9.17) is 0 Å². The van der Waals surface area contributed by atoms with Gasteiger partial charge < -0.3 is 12.4 Å². The van der Waals surface area contributed by atoms with E-state index in [1.54, 1.807) is 6.07 Å². The van der Waals surface area contributed by atoms with E-state index >= 15 is 0 Å². The summed E-state index contributed by atoms with van der Waals surface area (Å²) in [6.45, 7) is 4.05. The van der Waals surface area contributed by atoms with Crippen molar-refractivity contribution in [3.8, 4) is 0 Å². The first-order chi connectivity index (χ1) is 10.4. The van der Waals surface area contributed by atoms with Crippen LogP contribution >= 0.6 is 10.5 Å². The molecule has 1 aliphatic rings. The molecule has 0 nitrogen and oxygen atoms in total. The van der Waals surface area contributed by atoms with Crippen LogP contribution in [-0.2, 0) is 5.51 Å². The highest BCUT2D eigenvalue weighted by atomic mass is 35.5. The molecule has 0 saturated heterocycles. The Kier molecular flexibility index (Phi) is 5.68. The second-order valence-electron chi connectivity index (χ2n) is 6.59. The third kappa shape index (κ3) is 3.69. The van der Waals surface area contributed by atoms with Crippen LogP contribution in [0.15, 0.2) is 24.3 Å². The van der Waals surface area contributed by atoms with Gasteiger partial charge in [-0.05, 0) is 30.4 Å². The molecule has 128 valence electrons. The predicted octanol–water partition coefficient (Wildman–Crippen LogP) is 4.24. The predicted molar refractivity (Wildman–Crippen MR) is 87.6 cm³/mol. The van der Waals surface area contributed by atoms with E-state index in [2.05, 4.69) is 0 Å². The van der Waals surface area contributed by atoms with Gasteiger partial charge in [0.2, 0.25) is 0 Å². The fraction of sp³-hybridized carbons (Fsp3) is 0.556. The van der Waals surface area contributed by atoms with Gasteiger partial charge in [0.25, 0.3) is 0 Å². The molecule has 3 rings (SSSR count). The van der Waals surface area contributed by atoms with Gasteiger partial charge in [0.1, 0.15) is 0 Å². The summed E-state index contributed by atoms with van der Waals surface area (Å²) in [6.07, 6.45) is 5.11. The highest BCUT2D eigenvalue weighted by Crippen LogP contribution is 2.55. The molecule has 2 aromatic rings. The summed E-state index contributed by atoms with van der Waals surface area (Å²) in [5, 5.41) is 0.783. The van der Waals surface area contributed by atoms with Gasteiger partial charge >= 0.3 is 5.51 Å². The quantitative estimate of drug-likeness (QED) is 0.701. The number of hydrogen-bond donors (Lipinski definition) is 0. The standard InChI is InChI=1S/C18H22F3S.ClH/c1-12(2)14-8-9-15-11-16(13-6-4-3-5-7-13)22(17(15)10-14)18(19,20)21;/h8-13H,3-7H2,1-2H3;1H/q+1;/p-1. The second kappa shape index (κ2) is 7.02. The van der Waals surface area contributed by atoms with E-state index in [9.17, 15) is 13.2 Å². The van der Waals surface area contributed by atoms with Crippen molar-refractivity contribution in [2.24, 2.45) is 0 Å². The van der Waals surface area contributed by atoms with Crippen LogP contribution in [0, 0.1) is 0 Å². The molecule has 0 radical (unpaired) electrons. The summed E-state index contributed by atoms with van der Waals surface area (Å²) < 4.78 is 41.7. The lowest BCUT2D eigenvalue weighted by atomic mass is 9.88. The Morgan fingerprint density at radius 3 is 2.26 bits per heavy atom. The van der Waals surface area contributed by atoms with Gasteiger partial charge in [0.15, 0.2) is 9.58 Å². The molecule has 1 saturated carbocycles. The first-order valence-electron chi connectivity index (χ1n) is 8.04. The lowest BCUT2D eigenvalue weighted by Gasteiger charge is -2.18. The maximum Gasteiger partial charge on any atom is 0.600 e. The fourth-order valence-corrected chi connectivity index (χ4v) is 5.68. The maximum absolute atomic E-state index is 13.7. The summed E-state index contributed by atoms with van der Waals surface area (Å²) in [6, 6.07) is 7.49. The number of benzene rings is 1. The van der Waals surface area contributed by atoms with Crippen LogP contribution in [0.1, 0.15) is 68.2 Å². The topological polar surface area (TPSA) is 0 Å². The number of fused-ring (bicyclic) bond motifs is 1. The highest BCUT2D eigenvalue weighted by Gasteiger charge is 2.49. The number of alkyl halides is 3. The van der Waals surface area contributed by atoms with Gasteiger partial charge in [0.05, 0.1) is 10.5 Å². The summed E-state index contributed by atoms with van der Waals surface area (Å²) >= 11 is 0. The summed E-state index contributed by atoms with van der Waals surface area (Å²) in [5.74, 6) is 0.372. The normalized spacial score (nSPS) is 17.6. The molecule has 5 heteroatoms. The van der Waals surface area contributed by atoms with Crippen molar-refractivity contribution in [3.05, 3.63) is 34.7 Å². The number of hydrogen-bond acceptors (Lipinski definition) is 0. The van der Waals surface area contributed by atoms with Gasteiger partial charge in [-0.25, -0.2) is 0 Å². The van der Waals surface area contributed by atoms with E-state index in [0.29, 0.717) is 9.58 Å². The third-order valence-corrected chi connectivity index (χ3v) is 6.88. The molecule has 0 spiro atoms. The summed E-state index contributed by atoms with van der Waals surface area (Å²) in [7, 11) is -1.72. The third-order valence-electron chi connectivity index (χ3n) is 4.70. The fourth-order valence-electron chi connectivity index (χ4n) is 3.48. The minimum Gasteiger partial charge on any atom is -1.00 e. The zero-order valence-corrected chi connectivity index (χ0v) is 15.0. The molecule has 1 fully saturated rings. The molecule has 0 N–H and O–H groups in total. The van der Waals surface area contributed by atoms with Crippen molar-refractivity contribution in [1.82, 2.24) is 0 Å². The number of rotatable bonds is 2. The molecular weight excluding hydrogens is 341 g/mol. The van der Waals surface area contributed by atoms with Crippen molar-refractivity contribution >= 4 is 20.6 Å². The van der Waals surface area contributed by atoms with Crippen molar-refractivity contribution in [2.45, 2.75) is 63.3 Å². The van der Waals surface area contributed by atoms with Gasteiger partial charge in [-0.3, -0.25) is 0 Å². The largest absolute Gasteiger partial charge is 1.00 e. The van der Waals surface area contributed by atoms with Crippen molar-refractivity contribution in [3.63, 3.8) is 0 Å². The lowest BCUT2D eigenvalue weighted by molar-refractivity contribution is -0.0868. The van der Waals surface area contributed by atoms with Crippen LogP contribution in [0.2, 0.25) is 0 Å². The highest BCUT2D eigenvalue weighted by molar-refractivity contribution is 7.38. The molecule has 1 aliphatic carbocycles. The van der Waals surface area contributed by atoms with Gasteiger partial charge in [-0.2, -0.15) is 0 Å². The number of thiophene rings is 1. The zero-order valence-electron chi connectivity index (χ0n) is 13.4. The molecule has 1 aromatic heterocycles. The summed E-state index contributed by atoms with van der Waals surface area (Å²) in [4.78, 5) is 0.642. The van der Waals surface area contributed by atoms with E-state index in [-0.39, 0.29) is 24.2 Å². The Balaban J connectivity index is 0.00000192. The Bertz CT molecular complexity index is 667. The van der Waals surface area contributed by atoms with E-state index in [1.807, 2.05) is 32.0 Å². The van der Waals surface area contributed by atoms with Crippen LogP contribution in [0.4, 0.5) is 13.2 Å². The van der Waals surface area contributed by atoms with E-state index in [0.717, 1.165) is 43.1 Å². The molecule has 23 heavy (non-hydrogen) atoms. The molecule has 0 amide bonds. The Labute approximate surface area is 144 Å². The average molecular weight is 363 g/mol. The number of halogens is 4. The van der Waals surface area contributed by atoms with Crippen LogP contribution in [0.25, 0.3) is 10.1 Å². The van der Waals surface area contributed by atoms with E-state index < -0.39 is 16.0 Å². The van der Waals surface area contributed by atoms with Crippen molar-refractivity contribution in [1.29, 1.82) is 0 Å². The van der Waals surface area contributed by atoms with E-state index in [1.165, 1.54) is 0 Å². The monoisotopic (exact) mass is 362 g/mol. The van der Waals surface area contributed by atoms with Crippen LogP contribution in [0.5, 0.6) is 0 Å². The van der Waals surface area contributed by atoms with Crippen molar-refractivity contribution in [2.75, 3.05) is 0 Å². The minimum absolute atomic E-state index is 0. The van der Waals surface area contributed by atoms with Crippen molar-refractivity contribution < 1.29 is 25.6 Å². The average Bonchev–Trinajstić information content (AvgIpc) is 2.86. The first kappa shape index (κ1) is 18.6. The first-order valence-corrected chi connectivity index (χ1v) is 9.27. The Morgan fingerprint density at radius 2 is 1.70 bits per heavy atom. The molecule has 0 bridgehead atoms. The Morgan fingerprint density at radius 1 is 1.04 bits per heavy atom. The van der Waals surface area contributed by atoms with Gasteiger partial charge in [0, 0.05) is 23.4 Å². The van der Waals surface area contributed by atoms with Crippen LogP contribution in [-0.4, -0.2) is 0 Å². The zero-order chi connectivity index (χ0) is 15.9.